The Morgan fingerprint density at radius 2 is 1.92 bits per heavy atom. The third-order valence-corrected chi connectivity index (χ3v) is 2.92. The van der Waals surface area contributed by atoms with Crippen molar-refractivity contribution in [3.8, 4) is 0 Å². The molecule has 2 aromatic rings. The zero-order valence-corrected chi connectivity index (χ0v) is 9.49. The number of fused-ring (bicyclic) bond motifs is 1. The molecule has 66 valence electrons. The summed E-state index contributed by atoms with van der Waals surface area (Å²) in [5, 5.41) is 3.07. The van der Waals surface area contributed by atoms with E-state index < -0.39 is 0 Å². The van der Waals surface area contributed by atoms with E-state index in [1.165, 1.54) is 0 Å². The van der Waals surface area contributed by atoms with Crippen molar-refractivity contribution < 1.29 is 0 Å². The van der Waals surface area contributed by atoms with Crippen LogP contribution in [-0.4, -0.2) is 4.98 Å². The van der Waals surface area contributed by atoms with Gasteiger partial charge in [-0.1, -0.05) is 23.2 Å². The molecule has 0 saturated heterocycles. The van der Waals surface area contributed by atoms with Gasteiger partial charge in [0.15, 0.2) is 0 Å². The molecule has 1 nitrogen and oxygen atoms in total. The molecule has 1 aromatic carbocycles. The van der Waals surface area contributed by atoms with Crippen LogP contribution in [0, 0.1) is 0 Å². The largest absolute Gasteiger partial charge is 0.243 e. The van der Waals surface area contributed by atoms with Gasteiger partial charge in [-0.3, -0.25) is 0 Å². The number of halogens is 3. The van der Waals surface area contributed by atoms with Gasteiger partial charge in [0.1, 0.15) is 5.15 Å². The van der Waals surface area contributed by atoms with Crippen molar-refractivity contribution in [3.05, 3.63) is 39.0 Å². The highest BCUT2D eigenvalue weighted by Gasteiger charge is 2.03. The van der Waals surface area contributed by atoms with E-state index in [4.69, 9.17) is 23.2 Å². The van der Waals surface area contributed by atoms with Crippen molar-refractivity contribution in [2.45, 2.75) is 0 Å². The van der Waals surface area contributed by atoms with Crippen molar-refractivity contribution in [1.29, 1.82) is 0 Å². The van der Waals surface area contributed by atoms with Crippen molar-refractivity contribution in [1.82, 2.24) is 4.98 Å². The second-order valence-corrected chi connectivity index (χ2v) is 4.24. The zero-order valence-electron chi connectivity index (χ0n) is 6.39. The van der Waals surface area contributed by atoms with Crippen molar-refractivity contribution in [2.24, 2.45) is 0 Å². The van der Waals surface area contributed by atoms with Gasteiger partial charge in [-0.2, -0.15) is 0 Å². The number of pyridine rings is 1. The second-order valence-electron chi connectivity index (χ2n) is 2.59. The molecule has 2 rings (SSSR count). The minimum atomic E-state index is 0.495. The predicted octanol–water partition coefficient (Wildman–Crippen LogP) is 4.30. The van der Waals surface area contributed by atoms with E-state index >= 15 is 0 Å². The number of hydrogen-bond acceptors (Lipinski definition) is 1. The smallest absolute Gasteiger partial charge is 0.136 e. The summed E-state index contributed by atoms with van der Waals surface area (Å²) in [4.78, 5) is 4.01. The SMILES string of the molecule is Clc1ccc2c(Cl)ncc(Br)c2c1. The summed E-state index contributed by atoms with van der Waals surface area (Å²) in [6, 6.07) is 5.51. The Morgan fingerprint density at radius 3 is 2.69 bits per heavy atom. The summed E-state index contributed by atoms with van der Waals surface area (Å²) in [6.07, 6.45) is 1.67. The molecule has 0 unspecified atom stereocenters. The number of benzene rings is 1. The summed E-state index contributed by atoms with van der Waals surface area (Å²) < 4.78 is 0.898. The van der Waals surface area contributed by atoms with Crippen LogP contribution in [0.2, 0.25) is 10.2 Å². The zero-order chi connectivity index (χ0) is 9.42. The van der Waals surface area contributed by atoms with Crippen LogP contribution in [0.25, 0.3) is 10.8 Å². The van der Waals surface area contributed by atoms with Crippen LogP contribution in [0.5, 0.6) is 0 Å². The molecule has 0 spiro atoms. The van der Waals surface area contributed by atoms with Crippen LogP contribution >= 0.6 is 39.1 Å². The summed E-state index contributed by atoms with van der Waals surface area (Å²) in [5.41, 5.74) is 0. The molecule has 1 aromatic heterocycles. The first-order valence-corrected chi connectivity index (χ1v) is 5.12. The molecule has 4 heteroatoms. The minimum Gasteiger partial charge on any atom is -0.243 e. The normalized spacial score (nSPS) is 10.7. The van der Waals surface area contributed by atoms with E-state index in [0.29, 0.717) is 10.2 Å². The van der Waals surface area contributed by atoms with Gasteiger partial charge in [0.25, 0.3) is 0 Å². The molecule has 0 N–H and O–H groups in total. The van der Waals surface area contributed by atoms with E-state index in [0.717, 1.165) is 15.2 Å². The average Bonchev–Trinajstić information content (AvgIpc) is 2.12. The number of hydrogen-bond donors (Lipinski definition) is 0. The fourth-order valence-corrected chi connectivity index (χ4v) is 1.96. The lowest BCUT2D eigenvalue weighted by Gasteiger charge is -2.01. The Hall–Kier alpha value is -0.310. The first-order chi connectivity index (χ1) is 6.18. The maximum Gasteiger partial charge on any atom is 0.136 e. The second kappa shape index (κ2) is 3.45. The first-order valence-electron chi connectivity index (χ1n) is 3.58. The van der Waals surface area contributed by atoms with Gasteiger partial charge in [-0.05, 0) is 34.1 Å². The van der Waals surface area contributed by atoms with E-state index in [1.54, 1.807) is 12.3 Å². The van der Waals surface area contributed by atoms with Gasteiger partial charge in [0, 0.05) is 26.5 Å². The van der Waals surface area contributed by atoms with Gasteiger partial charge in [0.2, 0.25) is 0 Å². The van der Waals surface area contributed by atoms with Crippen LogP contribution in [-0.2, 0) is 0 Å². The number of aromatic nitrogens is 1. The molecule has 1 heterocycles. The lowest BCUT2D eigenvalue weighted by Crippen LogP contribution is -1.80. The molecule has 0 atom stereocenters. The third-order valence-electron chi connectivity index (χ3n) is 1.75. The predicted molar refractivity (Wildman–Crippen MR) is 59.5 cm³/mol. The average molecular weight is 277 g/mol. The Kier molecular flexibility index (Phi) is 2.45. The maximum absolute atomic E-state index is 5.91. The quantitative estimate of drug-likeness (QED) is 0.654. The Labute approximate surface area is 93.8 Å². The lowest BCUT2D eigenvalue weighted by molar-refractivity contribution is 1.35. The van der Waals surface area contributed by atoms with Crippen LogP contribution in [0.3, 0.4) is 0 Å². The van der Waals surface area contributed by atoms with E-state index in [-0.39, 0.29) is 0 Å². The molecular weight excluding hydrogens is 273 g/mol. The molecule has 0 aliphatic heterocycles. The molecule has 0 saturated carbocycles. The summed E-state index contributed by atoms with van der Waals surface area (Å²) in [5.74, 6) is 0. The van der Waals surface area contributed by atoms with Gasteiger partial charge in [-0.15, -0.1) is 0 Å². The fraction of sp³-hybridized carbons (Fsp3) is 0. The molecule has 0 amide bonds. The van der Waals surface area contributed by atoms with Crippen molar-refractivity contribution in [3.63, 3.8) is 0 Å². The fourth-order valence-electron chi connectivity index (χ4n) is 1.15. The molecular formula is C9H4BrCl2N. The van der Waals surface area contributed by atoms with E-state index in [2.05, 4.69) is 20.9 Å². The Morgan fingerprint density at radius 1 is 1.15 bits per heavy atom. The summed E-state index contributed by atoms with van der Waals surface area (Å²) in [7, 11) is 0. The lowest BCUT2D eigenvalue weighted by atomic mass is 10.2. The maximum atomic E-state index is 5.91. The first kappa shape index (κ1) is 9.25. The Bertz CT molecular complexity index is 470. The van der Waals surface area contributed by atoms with Gasteiger partial charge in [0.05, 0.1) is 0 Å². The van der Waals surface area contributed by atoms with Crippen LogP contribution in [0.1, 0.15) is 0 Å². The molecule has 0 radical (unpaired) electrons. The van der Waals surface area contributed by atoms with Crippen LogP contribution < -0.4 is 0 Å². The van der Waals surface area contributed by atoms with E-state index in [9.17, 15) is 0 Å². The number of rotatable bonds is 0. The molecule has 0 bridgehead atoms. The topological polar surface area (TPSA) is 12.9 Å². The highest BCUT2D eigenvalue weighted by atomic mass is 79.9. The molecule has 13 heavy (non-hydrogen) atoms. The van der Waals surface area contributed by atoms with Crippen LogP contribution in [0.4, 0.5) is 0 Å². The van der Waals surface area contributed by atoms with Gasteiger partial charge in [-0.25, -0.2) is 4.98 Å². The third kappa shape index (κ3) is 1.66. The number of nitrogens with zero attached hydrogens (tertiary/aromatic N) is 1. The summed E-state index contributed by atoms with van der Waals surface area (Å²) >= 11 is 15.2. The van der Waals surface area contributed by atoms with Crippen molar-refractivity contribution in [2.75, 3.05) is 0 Å². The van der Waals surface area contributed by atoms with Crippen LogP contribution in [0.15, 0.2) is 28.9 Å². The monoisotopic (exact) mass is 275 g/mol. The van der Waals surface area contributed by atoms with Gasteiger partial charge >= 0.3 is 0 Å². The highest BCUT2D eigenvalue weighted by Crippen LogP contribution is 2.29. The van der Waals surface area contributed by atoms with E-state index in [1.807, 2.05) is 12.1 Å². The van der Waals surface area contributed by atoms with Crippen molar-refractivity contribution >= 4 is 49.9 Å². The molecule has 0 aliphatic carbocycles. The molecule has 0 fully saturated rings. The highest BCUT2D eigenvalue weighted by molar-refractivity contribution is 9.10. The summed E-state index contributed by atoms with van der Waals surface area (Å²) in [6.45, 7) is 0. The molecule has 0 aliphatic rings. The minimum absolute atomic E-state index is 0.495. The standard InChI is InChI=1S/C9H4BrCl2N/c10-8-4-13-9(12)6-2-1-5(11)3-7(6)8/h1-4H. The Balaban J connectivity index is 2.92. The van der Waals surface area contributed by atoms with Gasteiger partial charge < -0.3 is 0 Å².